The maximum atomic E-state index is 11.5. The molecule has 5 heteroatoms. The van der Waals surface area contributed by atoms with Gasteiger partial charge in [-0.15, -0.1) is 0 Å². The number of para-hydroxylation sites is 2. The zero-order valence-corrected chi connectivity index (χ0v) is 11.7. The van der Waals surface area contributed by atoms with E-state index in [1.54, 1.807) is 18.2 Å². The summed E-state index contributed by atoms with van der Waals surface area (Å²) in [6.45, 7) is 1.71. The number of benzene rings is 2. The molecule has 2 rings (SSSR count). The van der Waals surface area contributed by atoms with Crippen molar-refractivity contribution in [2.45, 2.75) is 6.92 Å². The first-order chi connectivity index (χ1) is 10.2. The molecular formula is C16H17NO4. The van der Waals surface area contributed by atoms with E-state index in [4.69, 9.17) is 14.6 Å². The molecular weight excluding hydrogens is 270 g/mol. The highest BCUT2D eigenvalue weighted by molar-refractivity contribution is 5.86. The van der Waals surface area contributed by atoms with Crippen molar-refractivity contribution in [3.8, 4) is 11.5 Å². The highest BCUT2D eigenvalue weighted by Gasteiger charge is 2.09. The third kappa shape index (κ3) is 4.50. The van der Waals surface area contributed by atoms with Crippen molar-refractivity contribution < 1.29 is 19.4 Å². The van der Waals surface area contributed by atoms with Crippen molar-refractivity contribution in [3.05, 3.63) is 54.1 Å². The number of hydrogen-bond acceptors (Lipinski definition) is 4. The van der Waals surface area contributed by atoms with E-state index in [-0.39, 0.29) is 13.2 Å². The van der Waals surface area contributed by atoms with Crippen molar-refractivity contribution in [1.82, 2.24) is 0 Å². The Morgan fingerprint density at radius 1 is 1.19 bits per heavy atom. The van der Waals surface area contributed by atoms with E-state index < -0.39 is 6.09 Å². The summed E-state index contributed by atoms with van der Waals surface area (Å²) in [4.78, 5) is 11.5. The summed E-state index contributed by atoms with van der Waals surface area (Å²) in [5, 5.41) is 11.2. The molecule has 0 fully saturated rings. The molecule has 0 aromatic heterocycles. The first-order valence-corrected chi connectivity index (χ1v) is 6.57. The van der Waals surface area contributed by atoms with E-state index in [1.165, 1.54) is 0 Å². The minimum absolute atomic E-state index is 0.0489. The molecule has 0 aliphatic carbocycles. The van der Waals surface area contributed by atoms with Crippen LogP contribution in [0.4, 0.5) is 10.5 Å². The van der Waals surface area contributed by atoms with E-state index in [9.17, 15) is 4.79 Å². The van der Waals surface area contributed by atoms with Crippen LogP contribution in [0.2, 0.25) is 0 Å². The molecule has 0 radical (unpaired) electrons. The fraction of sp³-hybridized carbons (Fsp3) is 0.188. The number of rotatable bonds is 5. The van der Waals surface area contributed by atoms with E-state index in [0.717, 1.165) is 5.56 Å². The Kier molecular flexibility index (Phi) is 5.17. The molecule has 0 unspecified atom stereocenters. The lowest BCUT2D eigenvalue weighted by Crippen LogP contribution is -2.16. The Bertz CT molecular complexity index is 613. The van der Waals surface area contributed by atoms with Crippen molar-refractivity contribution in [2.75, 3.05) is 18.5 Å². The Labute approximate surface area is 123 Å². The summed E-state index contributed by atoms with van der Waals surface area (Å²) >= 11 is 0. The van der Waals surface area contributed by atoms with Gasteiger partial charge < -0.3 is 14.6 Å². The number of amides is 1. The average molecular weight is 287 g/mol. The zero-order chi connectivity index (χ0) is 15.1. The SMILES string of the molecule is Cc1cccc(Oc2ccccc2NC(=O)OCCO)c1. The lowest BCUT2D eigenvalue weighted by atomic mass is 10.2. The number of carbonyl (C=O) groups excluding carboxylic acids is 1. The second kappa shape index (κ2) is 7.31. The molecule has 5 nitrogen and oxygen atoms in total. The van der Waals surface area contributed by atoms with E-state index in [0.29, 0.717) is 17.2 Å². The second-order valence-corrected chi connectivity index (χ2v) is 4.40. The number of carbonyl (C=O) groups is 1. The van der Waals surface area contributed by atoms with Gasteiger partial charge in [0.2, 0.25) is 0 Å². The number of hydrogen-bond donors (Lipinski definition) is 2. The summed E-state index contributed by atoms with van der Waals surface area (Å²) in [5.41, 5.74) is 1.59. The summed E-state index contributed by atoms with van der Waals surface area (Å²) in [6.07, 6.45) is -0.635. The Hall–Kier alpha value is -2.53. The molecule has 2 aromatic carbocycles. The fourth-order valence-electron chi connectivity index (χ4n) is 1.75. The first kappa shape index (κ1) is 14.9. The summed E-state index contributed by atoms with van der Waals surface area (Å²) in [5.74, 6) is 1.21. The van der Waals surface area contributed by atoms with Crippen LogP contribution in [0.1, 0.15) is 5.56 Å². The monoisotopic (exact) mass is 287 g/mol. The van der Waals surface area contributed by atoms with E-state index in [2.05, 4.69) is 5.32 Å². The summed E-state index contributed by atoms with van der Waals surface area (Å²) in [6, 6.07) is 14.7. The fourth-order valence-corrected chi connectivity index (χ4v) is 1.75. The molecule has 2 aromatic rings. The van der Waals surface area contributed by atoms with Gasteiger partial charge in [0.1, 0.15) is 12.4 Å². The maximum Gasteiger partial charge on any atom is 0.411 e. The smallest absolute Gasteiger partial charge is 0.411 e. The van der Waals surface area contributed by atoms with E-state index in [1.807, 2.05) is 37.3 Å². The predicted molar refractivity (Wildman–Crippen MR) is 79.8 cm³/mol. The second-order valence-electron chi connectivity index (χ2n) is 4.40. The topological polar surface area (TPSA) is 67.8 Å². The van der Waals surface area contributed by atoms with Crippen molar-refractivity contribution in [2.24, 2.45) is 0 Å². The Morgan fingerprint density at radius 2 is 2.00 bits per heavy atom. The van der Waals surface area contributed by atoms with Gasteiger partial charge >= 0.3 is 6.09 Å². The molecule has 0 atom stereocenters. The number of aryl methyl sites for hydroxylation is 1. The lowest BCUT2D eigenvalue weighted by Gasteiger charge is -2.12. The van der Waals surface area contributed by atoms with Crippen LogP contribution in [0.25, 0.3) is 0 Å². The third-order valence-electron chi connectivity index (χ3n) is 2.67. The van der Waals surface area contributed by atoms with Crippen LogP contribution in [0.5, 0.6) is 11.5 Å². The van der Waals surface area contributed by atoms with Crippen LogP contribution in [-0.4, -0.2) is 24.4 Å². The molecule has 1 amide bonds. The minimum atomic E-state index is -0.635. The lowest BCUT2D eigenvalue weighted by molar-refractivity contribution is 0.131. The average Bonchev–Trinajstić information content (AvgIpc) is 2.47. The molecule has 0 spiro atoms. The van der Waals surface area contributed by atoms with Gasteiger partial charge in [0.15, 0.2) is 5.75 Å². The highest BCUT2D eigenvalue weighted by Crippen LogP contribution is 2.29. The van der Waals surface area contributed by atoms with Crippen LogP contribution in [0, 0.1) is 6.92 Å². The molecule has 0 saturated heterocycles. The Balaban J connectivity index is 2.11. The van der Waals surface area contributed by atoms with Crippen molar-refractivity contribution >= 4 is 11.8 Å². The van der Waals surface area contributed by atoms with Crippen LogP contribution < -0.4 is 10.1 Å². The van der Waals surface area contributed by atoms with Crippen LogP contribution in [-0.2, 0) is 4.74 Å². The molecule has 2 N–H and O–H groups in total. The molecule has 0 aliphatic heterocycles. The minimum Gasteiger partial charge on any atom is -0.455 e. The number of aliphatic hydroxyl groups excluding tert-OH is 1. The van der Waals surface area contributed by atoms with Gasteiger partial charge in [-0.25, -0.2) is 4.79 Å². The van der Waals surface area contributed by atoms with Gasteiger partial charge in [-0.3, -0.25) is 5.32 Å². The van der Waals surface area contributed by atoms with Gasteiger partial charge in [-0.05, 0) is 36.8 Å². The van der Waals surface area contributed by atoms with E-state index >= 15 is 0 Å². The molecule has 21 heavy (non-hydrogen) atoms. The number of anilines is 1. The molecule has 110 valence electrons. The van der Waals surface area contributed by atoms with Crippen molar-refractivity contribution in [1.29, 1.82) is 0 Å². The summed E-state index contributed by atoms with van der Waals surface area (Å²) < 4.78 is 10.5. The molecule has 0 bridgehead atoms. The largest absolute Gasteiger partial charge is 0.455 e. The number of aliphatic hydroxyl groups is 1. The molecule has 0 aliphatic rings. The van der Waals surface area contributed by atoms with Gasteiger partial charge in [0.05, 0.1) is 12.3 Å². The molecule has 0 saturated carbocycles. The van der Waals surface area contributed by atoms with Crippen LogP contribution in [0.3, 0.4) is 0 Å². The van der Waals surface area contributed by atoms with Crippen LogP contribution in [0.15, 0.2) is 48.5 Å². The standard InChI is InChI=1S/C16H17NO4/c1-12-5-4-6-13(11-12)21-15-8-3-2-7-14(15)17-16(19)20-10-9-18/h2-8,11,18H,9-10H2,1H3,(H,17,19). The highest BCUT2D eigenvalue weighted by atomic mass is 16.6. The Morgan fingerprint density at radius 3 is 2.76 bits per heavy atom. The predicted octanol–water partition coefficient (Wildman–Crippen LogP) is 3.33. The summed E-state index contributed by atoms with van der Waals surface area (Å²) in [7, 11) is 0. The van der Waals surface area contributed by atoms with Gasteiger partial charge in [0, 0.05) is 0 Å². The van der Waals surface area contributed by atoms with Gasteiger partial charge in [-0.2, -0.15) is 0 Å². The number of ether oxygens (including phenoxy) is 2. The quantitative estimate of drug-likeness (QED) is 0.885. The first-order valence-electron chi connectivity index (χ1n) is 6.57. The molecule has 0 heterocycles. The normalized spacial score (nSPS) is 10.0. The van der Waals surface area contributed by atoms with Gasteiger partial charge in [-0.1, -0.05) is 24.3 Å². The third-order valence-corrected chi connectivity index (χ3v) is 2.67. The zero-order valence-electron chi connectivity index (χ0n) is 11.7. The van der Waals surface area contributed by atoms with Gasteiger partial charge in [0.25, 0.3) is 0 Å². The van der Waals surface area contributed by atoms with Crippen LogP contribution >= 0.6 is 0 Å². The maximum absolute atomic E-state index is 11.5. The number of nitrogens with one attached hydrogen (secondary N) is 1. The van der Waals surface area contributed by atoms with Crippen molar-refractivity contribution in [3.63, 3.8) is 0 Å².